The molecule has 3 aliphatic rings. The SMILES string of the molecule is C[C@]12[C@@H]3CC[C@@H](C3)[C@@]1(C)CC[C@@H]2C(=O)O. The summed E-state index contributed by atoms with van der Waals surface area (Å²) in [5, 5.41) is 9.37. The van der Waals surface area contributed by atoms with Crippen molar-refractivity contribution in [3.63, 3.8) is 0 Å². The van der Waals surface area contributed by atoms with Gasteiger partial charge in [0.25, 0.3) is 0 Å². The van der Waals surface area contributed by atoms with E-state index in [1.807, 2.05) is 0 Å². The number of rotatable bonds is 1. The Bertz CT molecular complexity index is 324. The quantitative estimate of drug-likeness (QED) is 0.719. The lowest BCUT2D eigenvalue weighted by atomic mass is 9.57. The molecule has 2 bridgehead atoms. The molecular formula is C13H20O2. The summed E-state index contributed by atoms with van der Waals surface area (Å²) in [6.45, 7) is 4.63. The first-order valence-corrected chi connectivity index (χ1v) is 6.23. The summed E-state index contributed by atoms with van der Waals surface area (Å²) in [5.74, 6) is 0.888. The molecule has 15 heavy (non-hydrogen) atoms. The Morgan fingerprint density at radius 1 is 1.20 bits per heavy atom. The maximum absolute atomic E-state index is 11.4. The molecule has 0 unspecified atom stereocenters. The standard InChI is InChI=1S/C13H20O2/c1-12-6-5-10(11(14)15)13(12,2)9-4-3-8(12)7-9/h8-10H,3-7H2,1-2H3,(H,14,15)/t8-,9+,10+,12+,13+/m0/s1. The third kappa shape index (κ3) is 0.857. The largest absolute Gasteiger partial charge is 0.481 e. The van der Waals surface area contributed by atoms with Crippen LogP contribution >= 0.6 is 0 Å². The second-order valence-corrected chi connectivity index (χ2v) is 6.34. The van der Waals surface area contributed by atoms with Crippen LogP contribution in [-0.4, -0.2) is 11.1 Å². The topological polar surface area (TPSA) is 37.3 Å². The Morgan fingerprint density at radius 3 is 2.53 bits per heavy atom. The van der Waals surface area contributed by atoms with Crippen molar-refractivity contribution in [1.29, 1.82) is 0 Å². The number of carbonyl (C=O) groups is 1. The Morgan fingerprint density at radius 2 is 1.87 bits per heavy atom. The van der Waals surface area contributed by atoms with E-state index in [1.165, 1.54) is 19.3 Å². The fraction of sp³-hybridized carbons (Fsp3) is 0.923. The molecule has 0 heterocycles. The highest BCUT2D eigenvalue weighted by atomic mass is 16.4. The second kappa shape index (κ2) is 2.58. The molecule has 0 spiro atoms. The summed E-state index contributed by atoms with van der Waals surface area (Å²) < 4.78 is 0. The van der Waals surface area contributed by atoms with E-state index in [9.17, 15) is 9.90 Å². The van der Waals surface area contributed by atoms with Gasteiger partial charge in [-0.25, -0.2) is 0 Å². The normalized spacial score (nSPS) is 57.1. The number of carboxylic acid groups (broad SMARTS) is 1. The molecule has 2 nitrogen and oxygen atoms in total. The highest BCUT2D eigenvalue weighted by Crippen LogP contribution is 2.74. The molecule has 0 saturated heterocycles. The molecule has 0 aromatic carbocycles. The van der Waals surface area contributed by atoms with Crippen LogP contribution < -0.4 is 0 Å². The van der Waals surface area contributed by atoms with Gasteiger partial charge in [-0.3, -0.25) is 4.79 Å². The highest BCUT2D eigenvalue weighted by molar-refractivity contribution is 5.72. The minimum atomic E-state index is -0.547. The summed E-state index contributed by atoms with van der Waals surface area (Å²) in [6, 6.07) is 0. The molecule has 3 rings (SSSR count). The van der Waals surface area contributed by atoms with Crippen molar-refractivity contribution in [2.75, 3.05) is 0 Å². The molecule has 0 aromatic rings. The van der Waals surface area contributed by atoms with E-state index in [0.717, 1.165) is 18.8 Å². The van der Waals surface area contributed by atoms with E-state index in [0.29, 0.717) is 11.3 Å². The van der Waals surface area contributed by atoms with Crippen LogP contribution in [0.4, 0.5) is 0 Å². The van der Waals surface area contributed by atoms with Gasteiger partial charge in [0.2, 0.25) is 0 Å². The van der Waals surface area contributed by atoms with Gasteiger partial charge in [0.05, 0.1) is 5.92 Å². The van der Waals surface area contributed by atoms with Crippen molar-refractivity contribution < 1.29 is 9.90 Å². The molecule has 5 atom stereocenters. The van der Waals surface area contributed by atoms with Gasteiger partial charge < -0.3 is 5.11 Å². The van der Waals surface area contributed by atoms with Crippen LogP contribution in [0.3, 0.4) is 0 Å². The van der Waals surface area contributed by atoms with Crippen molar-refractivity contribution >= 4 is 5.97 Å². The summed E-state index contributed by atoms with van der Waals surface area (Å²) in [7, 11) is 0. The monoisotopic (exact) mass is 208 g/mol. The van der Waals surface area contributed by atoms with Crippen molar-refractivity contribution in [2.24, 2.45) is 28.6 Å². The summed E-state index contributed by atoms with van der Waals surface area (Å²) in [5.41, 5.74) is 0.431. The van der Waals surface area contributed by atoms with Gasteiger partial charge in [0.1, 0.15) is 0 Å². The van der Waals surface area contributed by atoms with Crippen LogP contribution in [0.25, 0.3) is 0 Å². The average molecular weight is 208 g/mol. The minimum Gasteiger partial charge on any atom is -0.481 e. The minimum absolute atomic E-state index is 0.0715. The number of hydrogen-bond acceptors (Lipinski definition) is 1. The zero-order valence-corrected chi connectivity index (χ0v) is 9.62. The van der Waals surface area contributed by atoms with Crippen molar-refractivity contribution in [3.8, 4) is 0 Å². The molecule has 84 valence electrons. The van der Waals surface area contributed by atoms with E-state index in [1.54, 1.807) is 0 Å². The zero-order valence-electron chi connectivity index (χ0n) is 9.62. The maximum Gasteiger partial charge on any atom is 0.307 e. The van der Waals surface area contributed by atoms with Crippen molar-refractivity contribution in [2.45, 2.75) is 46.0 Å². The van der Waals surface area contributed by atoms with E-state index in [2.05, 4.69) is 13.8 Å². The van der Waals surface area contributed by atoms with Crippen molar-refractivity contribution in [3.05, 3.63) is 0 Å². The van der Waals surface area contributed by atoms with Crippen LogP contribution in [0.1, 0.15) is 46.0 Å². The fourth-order valence-corrected chi connectivity index (χ4v) is 5.29. The van der Waals surface area contributed by atoms with Gasteiger partial charge in [0, 0.05) is 0 Å². The van der Waals surface area contributed by atoms with E-state index in [-0.39, 0.29) is 11.3 Å². The van der Waals surface area contributed by atoms with Gasteiger partial charge in [-0.1, -0.05) is 13.8 Å². The predicted octanol–water partition coefficient (Wildman–Crippen LogP) is 2.92. The average Bonchev–Trinajstić information content (AvgIpc) is 2.75. The molecule has 3 saturated carbocycles. The Labute approximate surface area is 91.1 Å². The first-order valence-electron chi connectivity index (χ1n) is 6.23. The van der Waals surface area contributed by atoms with E-state index >= 15 is 0 Å². The van der Waals surface area contributed by atoms with Crippen LogP contribution in [-0.2, 0) is 4.79 Å². The molecule has 3 fully saturated rings. The number of aliphatic carboxylic acids is 1. The maximum atomic E-state index is 11.4. The van der Waals surface area contributed by atoms with Crippen molar-refractivity contribution in [1.82, 2.24) is 0 Å². The van der Waals surface area contributed by atoms with E-state index < -0.39 is 5.97 Å². The molecule has 0 amide bonds. The Hall–Kier alpha value is -0.530. The predicted molar refractivity (Wildman–Crippen MR) is 57.4 cm³/mol. The lowest BCUT2D eigenvalue weighted by Crippen LogP contribution is -2.44. The van der Waals surface area contributed by atoms with Gasteiger partial charge in [-0.15, -0.1) is 0 Å². The zero-order chi connectivity index (χ0) is 10.8. The smallest absolute Gasteiger partial charge is 0.307 e. The molecule has 1 N–H and O–H groups in total. The third-order valence-corrected chi connectivity index (χ3v) is 6.39. The van der Waals surface area contributed by atoms with E-state index in [4.69, 9.17) is 0 Å². The van der Waals surface area contributed by atoms with Crippen LogP contribution in [0, 0.1) is 28.6 Å². The highest BCUT2D eigenvalue weighted by Gasteiger charge is 2.69. The Kier molecular flexibility index (Phi) is 1.67. The van der Waals surface area contributed by atoms with Gasteiger partial charge in [-0.2, -0.15) is 0 Å². The summed E-state index contributed by atoms with van der Waals surface area (Å²) in [6.07, 6.45) is 5.98. The molecule has 2 heteroatoms. The van der Waals surface area contributed by atoms with Gasteiger partial charge in [-0.05, 0) is 54.8 Å². The molecule has 0 aliphatic heterocycles. The first-order chi connectivity index (χ1) is 7.00. The lowest BCUT2D eigenvalue weighted by Gasteiger charge is -2.47. The Balaban J connectivity index is 2.06. The first kappa shape index (κ1) is 9.68. The lowest BCUT2D eigenvalue weighted by molar-refractivity contribution is -0.149. The molecule has 0 aromatic heterocycles. The number of hydrogen-bond donors (Lipinski definition) is 1. The van der Waals surface area contributed by atoms with Gasteiger partial charge >= 0.3 is 5.97 Å². The van der Waals surface area contributed by atoms with Crippen LogP contribution in [0.15, 0.2) is 0 Å². The molecule has 0 radical (unpaired) electrons. The molecule has 3 aliphatic carbocycles. The second-order valence-electron chi connectivity index (χ2n) is 6.34. The summed E-state index contributed by atoms with van der Waals surface area (Å²) >= 11 is 0. The number of fused-ring (bicyclic) bond motifs is 5. The fourth-order valence-electron chi connectivity index (χ4n) is 5.29. The molecular weight excluding hydrogens is 188 g/mol. The van der Waals surface area contributed by atoms with Crippen LogP contribution in [0.2, 0.25) is 0 Å². The number of carboxylic acids is 1. The third-order valence-electron chi connectivity index (χ3n) is 6.39. The van der Waals surface area contributed by atoms with Crippen LogP contribution in [0.5, 0.6) is 0 Å². The summed E-state index contributed by atoms with van der Waals surface area (Å²) in [4.78, 5) is 11.4. The van der Waals surface area contributed by atoms with Gasteiger partial charge in [0.15, 0.2) is 0 Å².